The first-order chi connectivity index (χ1) is 14.4. The van der Waals surface area contributed by atoms with Gasteiger partial charge < -0.3 is 4.90 Å². The predicted octanol–water partition coefficient (Wildman–Crippen LogP) is 4.97. The molecule has 154 valence electrons. The van der Waals surface area contributed by atoms with Gasteiger partial charge in [0.1, 0.15) is 5.69 Å². The van der Waals surface area contributed by atoms with Crippen LogP contribution in [-0.4, -0.2) is 31.5 Å². The van der Waals surface area contributed by atoms with Crippen LogP contribution < -0.4 is 4.90 Å². The number of halogens is 2. The largest absolute Gasteiger partial charge is 0.355 e. The van der Waals surface area contributed by atoms with Crippen molar-refractivity contribution in [1.29, 1.82) is 5.26 Å². The van der Waals surface area contributed by atoms with Gasteiger partial charge in [-0.3, -0.25) is 0 Å². The van der Waals surface area contributed by atoms with Gasteiger partial charge in [0.25, 0.3) is 0 Å². The lowest BCUT2D eigenvalue weighted by molar-refractivity contribution is 0.569. The molecule has 1 atom stereocenters. The molecule has 6 nitrogen and oxygen atoms in total. The van der Waals surface area contributed by atoms with Crippen LogP contribution >= 0.6 is 23.2 Å². The van der Waals surface area contributed by atoms with Crippen molar-refractivity contribution in [3.8, 4) is 6.07 Å². The number of benzene rings is 2. The highest BCUT2D eigenvalue weighted by Gasteiger charge is 2.36. The van der Waals surface area contributed by atoms with Crippen molar-refractivity contribution in [2.75, 3.05) is 18.0 Å². The van der Waals surface area contributed by atoms with Crippen molar-refractivity contribution < 1.29 is 8.42 Å². The lowest BCUT2D eigenvalue weighted by atomic mass is 10.1. The van der Waals surface area contributed by atoms with Crippen molar-refractivity contribution in [3.63, 3.8) is 0 Å². The van der Waals surface area contributed by atoms with Gasteiger partial charge in [0.05, 0.1) is 27.0 Å². The van der Waals surface area contributed by atoms with E-state index in [2.05, 4.69) is 4.98 Å². The van der Waals surface area contributed by atoms with Crippen LogP contribution in [0.3, 0.4) is 0 Å². The van der Waals surface area contributed by atoms with Crippen molar-refractivity contribution in [2.45, 2.75) is 29.4 Å². The highest BCUT2D eigenvalue weighted by molar-refractivity contribution is 7.92. The predicted molar refractivity (Wildman–Crippen MR) is 118 cm³/mol. The van der Waals surface area contributed by atoms with E-state index in [1.54, 1.807) is 12.1 Å². The first-order valence-electron chi connectivity index (χ1n) is 9.52. The van der Waals surface area contributed by atoms with Crippen LogP contribution in [0.25, 0.3) is 11.0 Å². The third-order valence-corrected chi connectivity index (χ3v) is 7.69. The minimum atomic E-state index is -4.19. The van der Waals surface area contributed by atoms with Gasteiger partial charge in [-0.05, 0) is 49.6 Å². The number of fused-ring (bicyclic) bond motifs is 1. The summed E-state index contributed by atoms with van der Waals surface area (Å²) in [6.07, 6.45) is 3.04. The Morgan fingerprint density at radius 1 is 1.00 bits per heavy atom. The highest BCUT2D eigenvalue weighted by Crippen LogP contribution is 2.37. The number of piperidine rings is 1. The van der Waals surface area contributed by atoms with Crippen LogP contribution in [0.5, 0.6) is 0 Å². The van der Waals surface area contributed by atoms with Crippen molar-refractivity contribution in [3.05, 3.63) is 58.2 Å². The molecule has 1 aliphatic rings. The van der Waals surface area contributed by atoms with E-state index in [1.165, 1.54) is 18.2 Å². The van der Waals surface area contributed by atoms with E-state index in [9.17, 15) is 13.7 Å². The fraction of sp³-hybridized carbons (Fsp3) is 0.286. The Morgan fingerprint density at radius 3 is 2.33 bits per heavy atom. The molecule has 2 heterocycles. The van der Waals surface area contributed by atoms with Gasteiger partial charge in [0.2, 0.25) is 9.84 Å². The molecule has 0 aliphatic carbocycles. The highest BCUT2D eigenvalue weighted by atomic mass is 35.5. The van der Waals surface area contributed by atoms with Crippen LogP contribution in [0.2, 0.25) is 10.0 Å². The topological polar surface area (TPSA) is 86.9 Å². The molecule has 2 aromatic carbocycles. The lowest BCUT2D eigenvalue weighted by Crippen LogP contribution is -2.32. The number of sulfone groups is 1. The summed E-state index contributed by atoms with van der Waals surface area (Å²) in [5.74, 6) is 0.432. The molecule has 1 fully saturated rings. The van der Waals surface area contributed by atoms with E-state index in [4.69, 9.17) is 28.2 Å². The summed E-state index contributed by atoms with van der Waals surface area (Å²) in [5.41, 5.74) is 1.30. The standard InChI is InChI=1S/C21H18Cl2N4O2S/c22-14-8-9-15(23)18(12-14)30(28,29)19(13-24)20-21(27-10-4-1-5-11-27)26-17-7-3-2-6-16(17)25-20/h2-3,6-9,12,19H,1,4-5,10-11H2. The zero-order valence-electron chi connectivity index (χ0n) is 15.9. The second-order valence-corrected chi connectivity index (χ2v) is 9.94. The maximum absolute atomic E-state index is 13.5. The fourth-order valence-electron chi connectivity index (χ4n) is 3.62. The molecule has 0 spiro atoms. The maximum atomic E-state index is 13.5. The van der Waals surface area contributed by atoms with Gasteiger partial charge in [-0.1, -0.05) is 35.3 Å². The van der Waals surface area contributed by atoms with Crippen LogP contribution in [0.15, 0.2) is 47.4 Å². The molecule has 30 heavy (non-hydrogen) atoms. The zero-order chi connectivity index (χ0) is 21.3. The van der Waals surface area contributed by atoms with Crippen LogP contribution in [0.4, 0.5) is 5.82 Å². The van der Waals surface area contributed by atoms with Crippen molar-refractivity contribution >= 4 is 49.9 Å². The summed E-state index contributed by atoms with van der Waals surface area (Å²) < 4.78 is 26.9. The van der Waals surface area contributed by atoms with E-state index in [0.717, 1.165) is 32.4 Å². The molecule has 0 radical (unpaired) electrons. The van der Waals surface area contributed by atoms with Crippen LogP contribution in [0.1, 0.15) is 30.2 Å². The van der Waals surface area contributed by atoms with E-state index in [-0.39, 0.29) is 20.6 Å². The van der Waals surface area contributed by atoms with E-state index >= 15 is 0 Å². The Morgan fingerprint density at radius 2 is 1.67 bits per heavy atom. The van der Waals surface area contributed by atoms with Crippen molar-refractivity contribution in [2.24, 2.45) is 0 Å². The molecule has 4 rings (SSSR count). The smallest absolute Gasteiger partial charge is 0.202 e. The van der Waals surface area contributed by atoms with E-state index < -0.39 is 15.1 Å². The molecule has 1 unspecified atom stereocenters. The van der Waals surface area contributed by atoms with Gasteiger partial charge in [-0.2, -0.15) is 5.26 Å². The molecular weight excluding hydrogens is 443 g/mol. The lowest BCUT2D eigenvalue weighted by Gasteiger charge is -2.30. The van der Waals surface area contributed by atoms with Crippen molar-refractivity contribution in [1.82, 2.24) is 9.97 Å². The molecule has 1 saturated heterocycles. The quantitative estimate of drug-likeness (QED) is 0.546. The van der Waals surface area contributed by atoms with E-state index in [0.29, 0.717) is 16.9 Å². The SMILES string of the molecule is N#CC(c1nc2ccccc2nc1N1CCCCC1)S(=O)(=O)c1cc(Cl)ccc1Cl. The van der Waals surface area contributed by atoms with Gasteiger partial charge in [0, 0.05) is 18.1 Å². The molecule has 1 aromatic heterocycles. The molecular formula is C21H18Cl2N4O2S. The van der Waals surface area contributed by atoms with Gasteiger partial charge >= 0.3 is 0 Å². The average Bonchev–Trinajstić information content (AvgIpc) is 2.76. The molecule has 9 heteroatoms. The van der Waals surface area contributed by atoms with Gasteiger partial charge in [-0.25, -0.2) is 18.4 Å². The minimum absolute atomic E-state index is 0.00733. The molecule has 3 aromatic rings. The monoisotopic (exact) mass is 460 g/mol. The zero-order valence-corrected chi connectivity index (χ0v) is 18.3. The first kappa shape index (κ1) is 20.9. The molecule has 0 saturated carbocycles. The Labute approximate surface area is 185 Å². The third kappa shape index (κ3) is 3.83. The molecule has 0 N–H and O–H groups in total. The number of aromatic nitrogens is 2. The second kappa shape index (κ2) is 8.38. The number of anilines is 1. The summed E-state index contributed by atoms with van der Waals surface area (Å²) in [6.45, 7) is 1.46. The summed E-state index contributed by atoms with van der Waals surface area (Å²) in [6, 6.07) is 13.3. The fourth-order valence-corrected chi connectivity index (χ4v) is 5.77. The number of hydrogen-bond acceptors (Lipinski definition) is 6. The van der Waals surface area contributed by atoms with E-state index in [1.807, 2.05) is 23.1 Å². The Balaban J connectivity index is 1.93. The number of rotatable bonds is 4. The van der Waals surface area contributed by atoms with Gasteiger partial charge in [-0.15, -0.1) is 0 Å². The van der Waals surface area contributed by atoms with Crippen LogP contribution in [0, 0.1) is 11.3 Å². The van der Waals surface area contributed by atoms with Gasteiger partial charge in [0.15, 0.2) is 11.1 Å². The number of nitrogens with zero attached hydrogens (tertiary/aromatic N) is 4. The summed E-state index contributed by atoms with van der Waals surface area (Å²) in [7, 11) is -4.19. The average molecular weight is 461 g/mol. The third-order valence-electron chi connectivity index (χ3n) is 5.11. The molecule has 0 amide bonds. The van der Waals surface area contributed by atoms with Crippen LogP contribution in [-0.2, 0) is 9.84 Å². The Bertz CT molecular complexity index is 1250. The maximum Gasteiger partial charge on any atom is 0.202 e. The first-order valence-corrected chi connectivity index (χ1v) is 11.8. The summed E-state index contributed by atoms with van der Waals surface area (Å²) in [4.78, 5) is 11.1. The number of hydrogen-bond donors (Lipinski definition) is 0. The number of nitriles is 1. The summed E-state index contributed by atoms with van der Waals surface area (Å²) in [5, 5.41) is 8.60. The number of para-hydroxylation sites is 2. The second-order valence-electron chi connectivity index (χ2n) is 7.10. The Hall–Kier alpha value is -2.40. The summed E-state index contributed by atoms with van der Waals surface area (Å²) >= 11 is 12.2. The minimum Gasteiger partial charge on any atom is -0.355 e. The molecule has 0 bridgehead atoms. The Kier molecular flexibility index (Phi) is 5.83. The normalized spacial score (nSPS) is 15.7. The molecule has 1 aliphatic heterocycles.